The molecule has 186 valence electrons. The van der Waals surface area contributed by atoms with E-state index >= 15 is 0 Å². The highest BCUT2D eigenvalue weighted by atomic mass is 16.5. The zero-order valence-electron chi connectivity index (χ0n) is 21.3. The molecule has 0 radical (unpaired) electrons. The summed E-state index contributed by atoms with van der Waals surface area (Å²) in [6, 6.07) is 15.3. The van der Waals surface area contributed by atoms with Crippen molar-refractivity contribution in [2.24, 2.45) is 5.92 Å². The van der Waals surface area contributed by atoms with Gasteiger partial charge in [0.2, 0.25) is 11.8 Å². The van der Waals surface area contributed by atoms with E-state index in [0.717, 1.165) is 11.1 Å². The molecule has 0 aliphatic rings. The molecule has 0 saturated carbocycles. The number of rotatable bonds is 14. The predicted octanol–water partition coefficient (Wildman–Crippen LogP) is 4.65. The average Bonchev–Trinajstić information content (AvgIpc) is 2.83. The Hall–Kier alpha value is -3.02. The van der Waals surface area contributed by atoms with Crippen LogP contribution in [0.4, 0.5) is 0 Å². The van der Waals surface area contributed by atoms with Gasteiger partial charge in [-0.2, -0.15) is 0 Å². The van der Waals surface area contributed by atoms with E-state index in [1.54, 1.807) is 4.90 Å². The Kier molecular flexibility index (Phi) is 11.4. The molecular formula is C28H40N2O4. The monoisotopic (exact) mass is 468 g/mol. The molecule has 0 bridgehead atoms. The van der Waals surface area contributed by atoms with Crippen molar-refractivity contribution < 1.29 is 19.1 Å². The maximum atomic E-state index is 13.3. The number of hydrogen-bond donors (Lipinski definition) is 1. The first kappa shape index (κ1) is 27.2. The molecule has 0 saturated heterocycles. The summed E-state index contributed by atoms with van der Waals surface area (Å²) in [4.78, 5) is 27.8. The predicted molar refractivity (Wildman–Crippen MR) is 136 cm³/mol. The molecule has 0 aliphatic carbocycles. The minimum atomic E-state index is -0.533. The van der Waals surface area contributed by atoms with E-state index in [4.69, 9.17) is 9.47 Å². The fourth-order valence-electron chi connectivity index (χ4n) is 3.67. The molecule has 0 aliphatic heterocycles. The molecule has 2 aromatic rings. The van der Waals surface area contributed by atoms with Crippen molar-refractivity contribution in [2.45, 2.75) is 59.9 Å². The van der Waals surface area contributed by atoms with Crippen molar-refractivity contribution >= 4 is 11.8 Å². The van der Waals surface area contributed by atoms with Gasteiger partial charge in [0.05, 0.1) is 13.2 Å². The first-order valence-electron chi connectivity index (χ1n) is 12.3. The number of carbonyl (C=O) groups excluding carboxylic acids is 2. The number of nitrogens with zero attached hydrogens (tertiary/aromatic N) is 1. The van der Waals surface area contributed by atoms with Crippen LogP contribution < -0.4 is 14.8 Å². The molecule has 1 N–H and O–H groups in total. The van der Waals surface area contributed by atoms with Crippen LogP contribution in [0.3, 0.4) is 0 Å². The van der Waals surface area contributed by atoms with Crippen LogP contribution >= 0.6 is 0 Å². The summed E-state index contributed by atoms with van der Waals surface area (Å²) in [7, 11) is 0. The lowest BCUT2D eigenvalue weighted by Crippen LogP contribution is -2.49. The van der Waals surface area contributed by atoms with Crippen LogP contribution in [-0.2, 0) is 22.4 Å². The third-order valence-corrected chi connectivity index (χ3v) is 5.57. The van der Waals surface area contributed by atoms with E-state index in [0.29, 0.717) is 63.0 Å². The van der Waals surface area contributed by atoms with Crippen molar-refractivity contribution in [3.63, 3.8) is 0 Å². The quantitative estimate of drug-likeness (QED) is 0.438. The summed E-state index contributed by atoms with van der Waals surface area (Å²) in [5.74, 6) is 1.60. The number of benzene rings is 2. The highest BCUT2D eigenvalue weighted by molar-refractivity contribution is 5.87. The smallest absolute Gasteiger partial charge is 0.242 e. The number of ether oxygens (including phenoxy) is 2. The Morgan fingerprint density at radius 3 is 2.21 bits per heavy atom. The van der Waals surface area contributed by atoms with Gasteiger partial charge in [-0.15, -0.1) is 0 Å². The Morgan fingerprint density at radius 1 is 0.882 bits per heavy atom. The molecule has 0 unspecified atom stereocenters. The summed E-state index contributed by atoms with van der Waals surface area (Å²) < 4.78 is 11.3. The molecule has 6 heteroatoms. The van der Waals surface area contributed by atoms with Crippen molar-refractivity contribution in [1.82, 2.24) is 10.2 Å². The summed E-state index contributed by atoms with van der Waals surface area (Å²) in [5, 5.41) is 2.97. The van der Waals surface area contributed by atoms with Crippen LogP contribution in [0.5, 0.6) is 11.5 Å². The summed E-state index contributed by atoms with van der Waals surface area (Å²) in [5.41, 5.74) is 2.14. The summed E-state index contributed by atoms with van der Waals surface area (Å²) >= 11 is 0. The summed E-state index contributed by atoms with van der Waals surface area (Å²) in [6.45, 7) is 12.0. The zero-order valence-corrected chi connectivity index (χ0v) is 21.3. The maximum Gasteiger partial charge on any atom is 0.242 e. The topological polar surface area (TPSA) is 67.9 Å². The van der Waals surface area contributed by atoms with E-state index in [1.807, 2.05) is 69.3 Å². The lowest BCUT2D eigenvalue weighted by atomic mass is 10.1. The van der Waals surface area contributed by atoms with Crippen molar-refractivity contribution in [3.8, 4) is 11.5 Å². The fraction of sp³-hybridized carbons (Fsp3) is 0.500. The van der Waals surface area contributed by atoms with Gasteiger partial charge in [-0.3, -0.25) is 9.59 Å². The molecular weight excluding hydrogens is 428 g/mol. The fourth-order valence-corrected chi connectivity index (χ4v) is 3.67. The lowest BCUT2D eigenvalue weighted by Gasteiger charge is -2.29. The number of nitrogens with one attached hydrogen (secondary N) is 1. The molecule has 0 heterocycles. The second-order valence-electron chi connectivity index (χ2n) is 8.78. The highest BCUT2D eigenvalue weighted by Crippen LogP contribution is 2.29. The van der Waals surface area contributed by atoms with Gasteiger partial charge in [0.1, 0.15) is 6.04 Å². The van der Waals surface area contributed by atoms with Crippen LogP contribution in [0.1, 0.15) is 52.2 Å². The molecule has 6 nitrogen and oxygen atoms in total. The Morgan fingerprint density at radius 2 is 1.56 bits per heavy atom. The number of aryl methyl sites for hydroxylation is 1. The third kappa shape index (κ3) is 8.73. The van der Waals surface area contributed by atoms with Gasteiger partial charge >= 0.3 is 0 Å². The molecule has 2 aromatic carbocycles. The van der Waals surface area contributed by atoms with Gasteiger partial charge in [0.25, 0.3) is 0 Å². The van der Waals surface area contributed by atoms with Gasteiger partial charge in [0, 0.05) is 19.5 Å². The molecule has 34 heavy (non-hydrogen) atoms. The molecule has 0 aromatic heterocycles. The number of carbonyl (C=O) groups is 2. The molecule has 2 amide bonds. The normalized spacial score (nSPS) is 11.7. The number of amides is 2. The summed E-state index contributed by atoms with van der Waals surface area (Å²) in [6.07, 6.45) is 1.58. The molecule has 2 rings (SSSR count). The van der Waals surface area contributed by atoms with E-state index in [1.165, 1.54) is 0 Å². The largest absolute Gasteiger partial charge is 0.490 e. The van der Waals surface area contributed by atoms with Crippen molar-refractivity contribution in [1.29, 1.82) is 0 Å². The van der Waals surface area contributed by atoms with Crippen LogP contribution in [-0.4, -0.2) is 49.1 Å². The van der Waals surface area contributed by atoms with E-state index in [-0.39, 0.29) is 11.8 Å². The van der Waals surface area contributed by atoms with Gasteiger partial charge in [-0.05, 0) is 62.8 Å². The van der Waals surface area contributed by atoms with E-state index in [2.05, 4.69) is 19.2 Å². The van der Waals surface area contributed by atoms with Gasteiger partial charge in [-0.1, -0.05) is 50.2 Å². The van der Waals surface area contributed by atoms with Gasteiger partial charge < -0.3 is 19.7 Å². The highest BCUT2D eigenvalue weighted by Gasteiger charge is 2.25. The van der Waals surface area contributed by atoms with Crippen LogP contribution in [0.2, 0.25) is 0 Å². The first-order chi connectivity index (χ1) is 16.3. The SMILES string of the molecule is CCOc1ccc(CCC(=O)N(CCc2ccccc2)[C@@H](C)C(=O)NCC(C)C)cc1OCC. The van der Waals surface area contributed by atoms with Gasteiger partial charge in [-0.25, -0.2) is 0 Å². The van der Waals surface area contributed by atoms with Gasteiger partial charge in [0.15, 0.2) is 11.5 Å². The number of hydrogen-bond acceptors (Lipinski definition) is 4. The minimum Gasteiger partial charge on any atom is -0.490 e. The average molecular weight is 469 g/mol. The standard InChI is InChI=1S/C28H40N2O4/c1-6-33-25-15-13-24(19-26(25)34-7-2)14-16-27(31)30(18-17-23-11-9-8-10-12-23)22(5)28(32)29-20-21(3)4/h8-13,15,19,21-22H,6-7,14,16-18,20H2,1-5H3,(H,29,32)/t22-/m0/s1. The Labute approximate surface area is 204 Å². The minimum absolute atomic E-state index is 0.0324. The van der Waals surface area contributed by atoms with Crippen molar-refractivity contribution in [2.75, 3.05) is 26.3 Å². The van der Waals surface area contributed by atoms with E-state index < -0.39 is 6.04 Å². The van der Waals surface area contributed by atoms with Crippen LogP contribution in [0.15, 0.2) is 48.5 Å². The molecule has 1 atom stereocenters. The maximum absolute atomic E-state index is 13.3. The molecule has 0 spiro atoms. The van der Waals surface area contributed by atoms with E-state index in [9.17, 15) is 9.59 Å². The zero-order chi connectivity index (χ0) is 24.9. The Bertz CT molecular complexity index is 899. The second-order valence-corrected chi connectivity index (χ2v) is 8.78. The Balaban J connectivity index is 2.10. The van der Waals surface area contributed by atoms with Crippen LogP contribution in [0.25, 0.3) is 0 Å². The van der Waals surface area contributed by atoms with Crippen molar-refractivity contribution in [3.05, 3.63) is 59.7 Å². The first-order valence-corrected chi connectivity index (χ1v) is 12.3. The third-order valence-electron chi connectivity index (χ3n) is 5.57. The van der Waals surface area contributed by atoms with Crippen LogP contribution in [0, 0.1) is 5.92 Å². The second kappa shape index (κ2) is 14.3. The molecule has 0 fully saturated rings. The lowest BCUT2D eigenvalue weighted by molar-refractivity contribution is -0.139.